The summed E-state index contributed by atoms with van der Waals surface area (Å²) < 4.78 is 66.8. The van der Waals surface area contributed by atoms with Gasteiger partial charge in [0.15, 0.2) is 5.82 Å². The summed E-state index contributed by atoms with van der Waals surface area (Å²) in [5.41, 5.74) is -0.213. The van der Waals surface area contributed by atoms with Crippen LogP contribution < -0.4 is 5.32 Å². The number of halogens is 5. The SMILES string of the molecule is O=C(c1cc2c(cn1)c(Nc1ccc(F)cn1)nn2CC(F)(F)F)N1CC[C@H](O)[C@H](F)C1. The van der Waals surface area contributed by atoms with E-state index in [4.69, 9.17) is 0 Å². The number of hydrogen-bond acceptors (Lipinski definition) is 6. The minimum absolute atomic E-state index is 0.0141. The highest BCUT2D eigenvalue weighted by molar-refractivity contribution is 5.98. The van der Waals surface area contributed by atoms with Crippen LogP contribution in [0.25, 0.3) is 10.9 Å². The summed E-state index contributed by atoms with van der Waals surface area (Å²) in [4.78, 5) is 21.7. The second-order valence-electron chi connectivity index (χ2n) is 7.32. The molecule has 1 aliphatic rings. The summed E-state index contributed by atoms with van der Waals surface area (Å²) in [6.07, 6.45) is -5.23. The number of anilines is 2. The fourth-order valence-electron chi connectivity index (χ4n) is 3.38. The van der Waals surface area contributed by atoms with E-state index in [1.54, 1.807) is 0 Å². The Hall–Kier alpha value is -3.35. The van der Waals surface area contributed by atoms with Gasteiger partial charge in [0, 0.05) is 12.7 Å². The zero-order valence-electron chi connectivity index (χ0n) is 16.4. The van der Waals surface area contributed by atoms with E-state index in [2.05, 4.69) is 20.4 Å². The number of carbonyl (C=O) groups is 1. The third kappa shape index (κ3) is 4.61. The Morgan fingerprint density at radius 1 is 1.25 bits per heavy atom. The Morgan fingerprint density at radius 2 is 2.03 bits per heavy atom. The average molecular weight is 456 g/mol. The fraction of sp³-hybridized carbons (Fsp3) is 0.368. The molecule has 0 saturated carbocycles. The quantitative estimate of drug-likeness (QED) is 0.587. The van der Waals surface area contributed by atoms with Crippen molar-refractivity contribution < 1.29 is 31.9 Å². The molecule has 0 aliphatic carbocycles. The Balaban J connectivity index is 1.69. The molecule has 0 radical (unpaired) electrons. The third-order valence-corrected chi connectivity index (χ3v) is 4.95. The van der Waals surface area contributed by atoms with Gasteiger partial charge in [0.1, 0.15) is 30.0 Å². The van der Waals surface area contributed by atoms with Gasteiger partial charge in [0.05, 0.1) is 29.7 Å². The molecule has 1 fully saturated rings. The third-order valence-electron chi connectivity index (χ3n) is 4.95. The zero-order chi connectivity index (χ0) is 23.0. The monoisotopic (exact) mass is 456 g/mol. The van der Waals surface area contributed by atoms with E-state index in [0.717, 1.165) is 23.2 Å². The summed E-state index contributed by atoms with van der Waals surface area (Å²) in [5, 5.41) is 16.3. The van der Waals surface area contributed by atoms with Crippen LogP contribution >= 0.6 is 0 Å². The maximum atomic E-state index is 13.8. The van der Waals surface area contributed by atoms with E-state index in [0.29, 0.717) is 4.68 Å². The number of aliphatic hydroxyl groups excluding tert-OH is 1. The van der Waals surface area contributed by atoms with Gasteiger partial charge in [0.2, 0.25) is 0 Å². The smallest absolute Gasteiger partial charge is 0.390 e. The number of pyridine rings is 2. The van der Waals surface area contributed by atoms with Crippen LogP contribution in [0.5, 0.6) is 0 Å². The second kappa shape index (κ2) is 8.30. The number of carbonyl (C=O) groups excluding carboxylic acids is 1. The molecule has 32 heavy (non-hydrogen) atoms. The number of fused-ring (bicyclic) bond motifs is 1. The van der Waals surface area contributed by atoms with Crippen molar-refractivity contribution in [3.63, 3.8) is 0 Å². The van der Waals surface area contributed by atoms with Crippen LogP contribution in [0.4, 0.5) is 33.6 Å². The van der Waals surface area contributed by atoms with Crippen LogP contribution in [-0.4, -0.2) is 67.2 Å². The summed E-state index contributed by atoms with van der Waals surface area (Å²) in [5.74, 6) is -1.13. The number of alkyl halides is 4. The molecule has 2 N–H and O–H groups in total. The number of rotatable bonds is 4. The van der Waals surface area contributed by atoms with Gasteiger partial charge in [-0.15, -0.1) is 0 Å². The van der Waals surface area contributed by atoms with Crippen molar-refractivity contribution in [1.82, 2.24) is 24.6 Å². The topological polar surface area (TPSA) is 96.2 Å². The Bertz CT molecular complexity index is 1130. The first-order chi connectivity index (χ1) is 15.1. The first kappa shape index (κ1) is 21.9. The highest BCUT2D eigenvalue weighted by atomic mass is 19.4. The number of piperidine rings is 1. The molecule has 170 valence electrons. The van der Waals surface area contributed by atoms with Crippen molar-refractivity contribution in [3.05, 3.63) is 42.1 Å². The van der Waals surface area contributed by atoms with Gasteiger partial charge >= 0.3 is 6.18 Å². The van der Waals surface area contributed by atoms with Crippen molar-refractivity contribution in [3.8, 4) is 0 Å². The highest BCUT2D eigenvalue weighted by Crippen LogP contribution is 2.29. The maximum Gasteiger partial charge on any atom is 0.408 e. The Labute approximate surface area is 177 Å². The van der Waals surface area contributed by atoms with E-state index >= 15 is 0 Å². The minimum Gasteiger partial charge on any atom is -0.390 e. The van der Waals surface area contributed by atoms with Crippen LogP contribution in [0.3, 0.4) is 0 Å². The minimum atomic E-state index is -4.59. The number of nitrogens with one attached hydrogen (secondary N) is 1. The van der Waals surface area contributed by atoms with Crippen molar-refractivity contribution in [2.75, 3.05) is 18.4 Å². The molecule has 8 nitrogen and oxygen atoms in total. The standard InChI is InChI=1S/C19H17F5N6O2/c20-10-1-2-16(26-6-10)27-17-11-7-25-13(5-14(11)30(28-17)9-19(22,23)24)18(32)29-4-3-15(31)12(21)8-29/h1-2,5-7,12,15,31H,3-4,8-9H2,(H,26,27,28)/t12-,15+/m1/s1. The first-order valence-electron chi connectivity index (χ1n) is 9.54. The van der Waals surface area contributed by atoms with E-state index in [9.17, 15) is 31.9 Å². The molecule has 1 saturated heterocycles. The molecule has 1 amide bonds. The molecular weight excluding hydrogens is 439 g/mol. The Morgan fingerprint density at radius 3 is 2.69 bits per heavy atom. The molecule has 3 aromatic heterocycles. The fourth-order valence-corrected chi connectivity index (χ4v) is 3.38. The second-order valence-corrected chi connectivity index (χ2v) is 7.32. The van der Waals surface area contributed by atoms with E-state index < -0.39 is 36.7 Å². The molecule has 1 aliphatic heterocycles. The van der Waals surface area contributed by atoms with E-state index in [-0.39, 0.29) is 47.7 Å². The Kier molecular flexibility index (Phi) is 5.67. The van der Waals surface area contributed by atoms with Crippen LogP contribution in [-0.2, 0) is 6.54 Å². The molecule has 0 unspecified atom stereocenters. The van der Waals surface area contributed by atoms with Crippen molar-refractivity contribution >= 4 is 28.4 Å². The number of amides is 1. The first-order valence-corrected chi connectivity index (χ1v) is 9.54. The van der Waals surface area contributed by atoms with Crippen LogP contribution in [0.15, 0.2) is 30.6 Å². The van der Waals surface area contributed by atoms with Crippen LogP contribution in [0, 0.1) is 5.82 Å². The van der Waals surface area contributed by atoms with E-state index in [1.807, 2.05) is 0 Å². The number of likely N-dealkylation sites (tertiary alicyclic amines) is 1. The largest absolute Gasteiger partial charge is 0.408 e. The number of aromatic nitrogens is 4. The van der Waals surface area contributed by atoms with Gasteiger partial charge in [-0.1, -0.05) is 0 Å². The molecule has 2 atom stereocenters. The predicted molar refractivity (Wildman–Crippen MR) is 102 cm³/mol. The van der Waals surface area contributed by atoms with Gasteiger partial charge < -0.3 is 15.3 Å². The van der Waals surface area contributed by atoms with E-state index in [1.165, 1.54) is 12.3 Å². The lowest BCUT2D eigenvalue weighted by atomic mass is 10.1. The summed E-state index contributed by atoms with van der Waals surface area (Å²) in [6.45, 7) is -1.68. The van der Waals surface area contributed by atoms with Crippen molar-refractivity contribution in [2.45, 2.75) is 31.4 Å². The molecule has 4 rings (SSSR count). The molecule has 0 aromatic carbocycles. The van der Waals surface area contributed by atoms with Crippen molar-refractivity contribution in [1.29, 1.82) is 0 Å². The normalized spacial score (nSPS) is 19.4. The molecule has 0 bridgehead atoms. The van der Waals surface area contributed by atoms with Gasteiger partial charge in [0.25, 0.3) is 5.91 Å². The average Bonchev–Trinajstić information content (AvgIpc) is 3.06. The summed E-state index contributed by atoms with van der Waals surface area (Å²) in [6, 6.07) is 3.55. The number of hydrogen-bond donors (Lipinski definition) is 2. The zero-order valence-corrected chi connectivity index (χ0v) is 16.4. The molecule has 4 heterocycles. The lowest BCUT2D eigenvalue weighted by Crippen LogP contribution is -2.47. The predicted octanol–water partition coefficient (Wildman–Crippen LogP) is 2.82. The van der Waals surface area contributed by atoms with Crippen LogP contribution in [0.1, 0.15) is 16.9 Å². The summed E-state index contributed by atoms with van der Waals surface area (Å²) in [7, 11) is 0. The van der Waals surface area contributed by atoms with Gasteiger partial charge in [-0.25, -0.2) is 13.8 Å². The molecule has 3 aromatic rings. The van der Waals surface area contributed by atoms with Gasteiger partial charge in [-0.3, -0.25) is 14.5 Å². The lowest BCUT2D eigenvalue weighted by Gasteiger charge is -2.31. The number of aliphatic hydroxyl groups is 1. The van der Waals surface area contributed by atoms with Gasteiger partial charge in [-0.2, -0.15) is 18.3 Å². The maximum absolute atomic E-state index is 13.8. The molecule has 0 spiro atoms. The van der Waals surface area contributed by atoms with Crippen LogP contribution in [0.2, 0.25) is 0 Å². The van der Waals surface area contributed by atoms with Crippen molar-refractivity contribution in [2.24, 2.45) is 0 Å². The summed E-state index contributed by atoms with van der Waals surface area (Å²) >= 11 is 0. The van der Waals surface area contributed by atoms with Gasteiger partial charge in [-0.05, 0) is 24.6 Å². The molecular formula is C19H17F5N6O2. The molecule has 13 heteroatoms. The highest BCUT2D eigenvalue weighted by Gasteiger charge is 2.33. The number of nitrogens with zero attached hydrogens (tertiary/aromatic N) is 5. The lowest BCUT2D eigenvalue weighted by molar-refractivity contribution is -0.141.